The Hall–Kier alpha value is -1.62. The van der Waals surface area contributed by atoms with Crippen molar-refractivity contribution in [3.05, 3.63) is 23.4 Å². The minimum Gasteiger partial charge on any atom is -0.478 e. The van der Waals surface area contributed by atoms with Crippen LogP contribution in [0.2, 0.25) is 0 Å². The fourth-order valence-electron chi connectivity index (χ4n) is 2.07. The largest absolute Gasteiger partial charge is 0.478 e. The zero-order chi connectivity index (χ0) is 13.1. The molecule has 0 aliphatic carbocycles. The number of aromatic nitrogens is 1. The van der Waals surface area contributed by atoms with Crippen LogP contribution in [0.15, 0.2) is 12.1 Å². The summed E-state index contributed by atoms with van der Waals surface area (Å²) in [6.45, 7) is 3.40. The molecule has 1 saturated heterocycles. The Balaban J connectivity index is 2.30. The smallest absolute Gasteiger partial charge is 0.335 e. The lowest BCUT2D eigenvalue weighted by atomic mass is 10.1. The number of hydrogen-bond donors (Lipinski definition) is 1. The molecule has 1 fully saturated rings. The summed E-state index contributed by atoms with van der Waals surface area (Å²) in [5, 5.41) is 9.11. The maximum absolute atomic E-state index is 11.1. The Labute approximate surface area is 106 Å². The molecule has 1 N–H and O–H groups in total. The number of hydrogen-bond acceptors (Lipinski definition) is 4. The van der Waals surface area contributed by atoms with Gasteiger partial charge in [0.1, 0.15) is 5.82 Å². The quantitative estimate of drug-likeness (QED) is 0.878. The van der Waals surface area contributed by atoms with Crippen molar-refractivity contribution in [2.75, 3.05) is 25.2 Å². The predicted octanol–water partition coefficient (Wildman–Crippen LogP) is 1.57. The first-order valence-corrected chi connectivity index (χ1v) is 6.16. The van der Waals surface area contributed by atoms with Gasteiger partial charge in [0, 0.05) is 19.3 Å². The number of aromatic carboxylic acids is 1. The Morgan fingerprint density at radius 1 is 1.61 bits per heavy atom. The summed E-state index contributed by atoms with van der Waals surface area (Å²) < 4.78 is 5.35. The van der Waals surface area contributed by atoms with Gasteiger partial charge in [0.25, 0.3) is 0 Å². The minimum absolute atomic E-state index is 0.284. The summed E-state index contributed by atoms with van der Waals surface area (Å²) in [5.74, 6) is -0.202. The van der Waals surface area contributed by atoms with E-state index in [0.717, 1.165) is 25.1 Å². The SMILES string of the molecule is CCc1cc(C(=O)O)cc(N(C)C2CCOC2)n1. The molecule has 1 aromatic rings. The number of carboxylic acid groups (broad SMARTS) is 1. The van der Waals surface area contributed by atoms with Gasteiger partial charge in [-0.3, -0.25) is 0 Å². The van der Waals surface area contributed by atoms with Gasteiger partial charge >= 0.3 is 5.97 Å². The second-order valence-electron chi connectivity index (χ2n) is 4.49. The van der Waals surface area contributed by atoms with Gasteiger partial charge in [0.2, 0.25) is 0 Å². The Bertz CT molecular complexity index is 442. The number of pyridine rings is 1. The highest BCUT2D eigenvalue weighted by Crippen LogP contribution is 2.20. The van der Waals surface area contributed by atoms with Crippen LogP contribution in [0.3, 0.4) is 0 Å². The van der Waals surface area contributed by atoms with Crippen LogP contribution in [0.5, 0.6) is 0 Å². The third kappa shape index (κ3) is 2.61. The lowest BCUT2D eigenvalue weighted by Gasteiger charge is -2.25. The first kappa shape index (κ1) is 12.8. The molecule has 5 heteroatoms. The number of ether oxygens (including phenoxy) is 1. The minimum atomic E-state index is -0.913. The molecule has 1 unspecified atom stereocenters. The van der Waals surface area contributed by atoms with Crippen molar-refractivity contribution in [3.63, 3.8) is 0 Å². The highest BCUT2D eigenvalue weighted by molar-refractivity contribution is 5.88. The number of rotatable bonds is 4. The van der Waals surface area contributed by atoms with E-state index in [1.54, 1.807) is 12.1 Å². The summed E-state index contributed by atoms with van der Waals surface area (Å²) in [5.41, 5.74) is 1.10. The van der Waals surface area contributed by atoms with Crippen LogP contribution in [-0.2, 0) is 11.2 Å². The number of carbonyl (C=O) groups is 1. The van der Waals surface area contributed by atoms with Crippen LogP contribution in [0.25, 0.3) is 0 Å². The van der Waals surface area contributed by atoms with E-state index in [-0.39, 0.29) is 6.04 Å². The first-order valence-electron chi connectivity index (χ1n) is 6.16. The number of likely N-dealkylation sites (N-methyl/N-ethyl adjacent to an activating group) is 1. The molecule has 1 atom stereocenters. The highest BCUT2D eigenvalue weighted by Gasteiger charge is 2.22. The molecule has 2 heterocycles. The monoisotopic (exact) mass is 250 g/mol. The van der Waals surface area contributed by atoms with Crippen LogP contribution in [0, 0.1) is 0 Å². The van der Waals surface area contributed by atoms with Crippen LogP contribution < -0.4 is 4.90 Å². The summed E-state index contributed by atoms with van der Waals surface area (Å²) in [6.07, 6.45) is 1.68. The maximum Gasteiger partial charge on any atom is 0.335 e. The zero-order valence-electron chi connectivity index (χ0n) is 10.7. The van der Waals surface area contributed by atoms with Crippen molar-refractivity contribution in [1.29, 1.82) is 0 Å². The van der Waals surface area contributed by atoms with Gasteiger partial charge in [0.05, 0.1) is 18.2 Å². The Morgan fingerprint density at radius 2 is 2.39 bits per heavy atom. The second-order valence-corrected chi connectivity index (χ2v) is 4.49. The van der Waals surface area contributed by atoms with Crippen molar-refractivity contribution in [1.82, 2.24) is 4.98 Å². The third-order valence-corrected chi connectivity index (χ3v) is 3.29. The van der Waals surface area contributed by atoms with Gasteiger partial charge < -0.3 is 14.7 Å². The number of aryl methyl sites for hydroxylation is 1. The van der Waals surface area contributed by atoms with Crippen LogP contribution >= 0.6 is 0 Å². The van der Waals surface area contributed by atoms with Crippen molar-refractivity contribution in [2.45, 2.75) is 25.8 Å². The topological polar surface area (TPSA) is 62.7 Å². The van der Waals surface area contributed by atoms with Crippen LogP contribution in [0.4, 0.5) is 5.82 Å². The lowest BCUT2D eigenvalue weighted by Crippen LogP contribution is -2.32. The van der Waals surface area contributed by atoms with E-state index in [9.17, 15) is 4.79 Å². The van der Waals surface area contributed by atoms with Gasteiger partial charge in [-0.2, -0.15) is 0 Å². The molecule has 1 aliphatic heterocycles. The zero-order valence-corrected chi connectivity index (χ0v) is 10.7. The van der Waals surface area contributed by atoms with Gasteiger partial charge in [-0.15, -0.1) is 0 Å². The van der Waals surface area contributed by atoms with Crippen molar-refractivity contribution in [3.8, 4) is 0 Å². The molecule has 0 saturated carbocycles. The number of nitrogens with zero attached hydrogens (tertiary/aromatic N) is 2. The van der Waals surface area contributed by atoms with Gasteiger partial charge in [-0.05, 0) is 25.0 Å². The number of anilines is 1. The Kier molecular flexibility index (Phi) is 3.81. The van der Waals surface area contributed by atoms with E-state index in [2.05, 4.69) is 4.98 Å². The summed E-state index contributed by atoms with van der Waals surface area (Å²) in [4.78, 5) is 17.6. The fourth-order valence-corrected chi connectivity index (χ4v) is 2.07. The molecule has 2 rings (SSSR count). The molecule has 1 aliphatic rings. The second kappa shape index (κ2) is 5.35. The van der Waals surface area contributed by atoms with Gasteiger partial charge in [-0.25, -0.2) is 9.78 Å². The van der Waals surface area contributed by atoms with E-state index < -0.39 is 5.97 Å². The van der Waals surface area contributed by atoms with Crippen molar-refractivity contribution < 1.29 is 14.6 Å². The first-order chi connectivity index (χ1) is 8.61. The molecule has 0 bridgehead atoms. The molecular weight excluding hydrogens is 232 g/mol. The molecule has 0 aromatic carbocycles. The molecule has 18 heavy (non-hydrogen) atoms. The molecule has 1 aromatic heterocycles. The molecule has 0 spiro atoms. The molecular formula is C13H18N2O3. The maximum atomic E-state index is 11.1. The van der Waals surface area contributed by atoms with Crippen molar-refractivity contribution >= 4 is 11.8 Å². The third-order valence-electron chi connectivity index (χ3n) is 3.29. The molecule has 98 valence electrons. The average molecular weight is 250 g/mol. The predicted molar refractivity (Wildman–Crippen MR) is 68.2 cm³/mol. The fraction of sp³-hybridized carbons (Fsp3) is 0.538. The van der Waals surface area contributed by atoms with Crippen LogP contribution in [-0.4, -0.2) is 42.4 Å². The van der Waals surface area contributed by atoms with E-state index in [0.29, 0.717) is 18.0 Å². The normalized spacial score (nSPS) is 18.9. The van der Waals surface area contributed by atoms with E-state index in [1.807, 2.05) is 18.9 Å². The summed E-state index contributed by atoms with van der Waals surface area (Å²) in [6, 6.07) is 3.54. The Morgan fingerprint density at radius 3 is 2.94 bits per heavy atom. The number of carboxylic acids is 1. The summed E-state index contributed by atoms with van der Waals surface area (Å²) >= 11 is 0. The van der Waals surface area contributed by atoms with E-state index in [1.165, 1.54) is 0 Å². The molecule has 5 nitrogen and oxygen atoms in total. The van der Waals surface area contributed by atoms with Crippen molar-refractivity contribution in [2.24, 2.45) is 0 Å². The lowest BCUT2D eigenvalue weighted by molar-refractivity contribution is 0.0696. The average Bonchev–Trinajstić information content (AvgIpc) is 2.91. The van der Waals surface area contributed by atoms with E-state index in [4.69, 9.17) is 9.84 Å². The molecule has 0 amide bonds. The van der Waals surface area contributed by atoms with Crippen LogP contribution in [0.1, 0.15) is 29.4 Å². The highest BCUT2D eigenvalue weighted by atomic mass is 16.5. The van der Waals surface area contributed by atoms with Gasteiger partial charge in [0.15, 0.2) is 0 Å². The standard InChI is InChI=1S/C13H18N2O3/c1-3-10-6-9(13(16)17)7-12(14-10)15(2)11-4-5-18-8-11/h6-7,11H,3-5,8H2,1-2H3,(H,16,17). The molecule has 0 radical (unpaired) electrons. The summed E-state index contributed by atoms with van der Waals surface area (Å²) in [7, 11) is 1.94. The van der Waals surface area contributed by atoms with E-state index >= 15 is 0 Å². The van der Waals surface area contributed by atoms with Gasteiger partial charge in [-0.1, -0.05) is 6.92 Å².